The average Bonchev–Trinajstić information content (AvgIpc) is 2.66. The van der Waals surface area contributed by atoms with Crippen molar-refractivity contribution in [3.63, 3.8) is 0 Å². The second-order valence-corrected chi connectivity index (χ2v) is 6.51. The fourth-order valence-electron chi connectivity index (χ4n) is 2.02. The lowest BCUT2D eigenvalue weighted by Gasteiger charge is -2.20. The first-order valence-corrected chi connectivity index (χ1v) is 7.21. The van der Waals surface area contributed by atoms with E-state index in [2.05, 4.69) is 12.6 Å². The van der Waals surface area contributed by atoms with Crippen molar-refractivity contribution in [1.29, 1.82) is 0 Å². The van der Waals surface area contributed by atoms with Crippen LogP contribution in [-0.4, -0.2) is 25.3 Å². The Morgan fingerprint density at radius 1 is 1.31 bits per heavy atom. The SMILES string of the molecule is CC1CCCN1S(=O)(=O)c1ccc(S)cc1. The van der Waals surface area contributed by atoms with Crippen molar-refractivity contribution >= 4 is 22.7 Å². The molecule has 0 radical (unpaired) electrons. The normalized spacial score (nSPS) is 22.5. The molecular formula is C11H15NO2S2. The maximum absolute atomic E-state index is 12.3. The summed E-state index contributed by atoms with van der Waals surface area (Å²) in [6.07, 6.45) is 1.90. The van der Waals surface area contributed by atoms with Gasteiger partial charge in [0.2, 0.25) is 10.0 Å². The molecule has 1 aromatic carbocycles. The Labute approximate surface area is 102 Å². The Hall–Kier alpha value is -0.520. The van der Waals surface area contributed by atoms with E-state index in [4.69, 9.17) is 0 Å². The zero-order valence-corrected chi connectivity index (χ0v) is 10.8. The minimum absolute atomic E-state index is 0.112. The number of benzene rings is 1. The molecule has 0 bridgehead atoms. The van der Waals surface area contributed by atoms with Crippen molar-refractivity contribution < 1.29 is 8.42 Å². The van der Waals surface area contributed by atoms with Gasteiger partial charge in [0.1, 0.15) is 0 Å². The molecule has 3 nitrogen and oxygen atoms in total. The van der Waals surface area contributed by atoms with Crippen LogP contribution in [-0.2, 0) is 10.0 Å². The molecule has 1 fully saturated rings. The summed E-state index contributed by atoms with van der Waals surface area (Å²) >= 11 is 4.15. The zero-order chi connectivity index (χ0) is 11.8. The Morgan fingerprint density at radius 2 is 1.94 bits per heavy atom. The minimum atomic E-state index is -3.31. The third kappa shape index (κ3) is 2.12. The molecule has 0 saturated carbocycles. The van der Waals surface area contributed by atoms with Gasteiger partial charge in [-0.05, 0) is 44.0 Å². The monoisotopic (exact) mass is 257 g/mol. The van der Waals surface area contributed by atoms with Crippen molar-refractivity contribution in [2.45, 2.75) is 35.6 Å². The van der Waals surface area contributed by atoms with Gasteiger partial charge in [0.15, 0.2) is 0 Å². The quantitative estimate of drug-likeness (QED) is 0.824. The van der Waals surface area contributed by atoms with E-state index in [1.807, 2.05) is 6.92 Å². The Balaban J connectivity index is 2.35. The van der Waals surface area contributed by atoms with E-state index in [1.165, 1.54) is 0 Å². The van der Waals surface area contributed by atoms with Crippen molar-refractivity contribution in [1.82, 2.24) is 4.31 Å². The van der Waals surface area contributed by atoms with Gasteiger partial charge in [0, 0.05) is 17.5 Å². The molecule has 88 valence electrons. The lowest BCUT2D eigenvalue weighted by Crippen LogP contribution is -2.33. The first-order chi connectivity index (χ1) is 7.51. The summed E-state index contributed by atoms with van der Waals surface area (Å²) in [5.41, 5.74) is 0. The van der Waals surface area contributed by atoms with Gasteiger partial charge in [0.05, 0.1) is 4.90 Å². The van der Waals surface area contributed by atoms with Crippen molar-refractivity contribution in [2.75, 3.05) is 6.54 Å². The number of hydrogen-bond acceptors (Lipinski definition) is 3. The summed E-state index contributed by atoms with van der Waals surface area (Å²) in [7, 11) is -3.31. The third-order valence-corrected chi connectivity index (χ3v) is 5.26. The Kier molecular flexibility index (Phi) is 3.28. The molecule has 1 aliphatic rings. The topological polar surface area (TPSA) is 37.4 Å². The van der Waals surface area contributed by atoms with Gasteiger partial charge in [0.25, 0.3) is 0 Å². The van der Waals surface area contributed by atoms with E-state index in [0.29, 0.717) is 11.4 Å². The van der Waals surface area contributed by atoms with Crippen LogP contribution in [0.1, 0.15) is 19.8 Å². The predicted molar refractivity (Wildman–Crippen MR) is 66.3 cm³/mol. The van der Waals surface area contributed by atoms with Crippen LogP contribution in [0, 0.1) is 0 Å². The minimum Gasteiger partial charge on any atom is -0.207 e. The summed E-state index contributed by atoms with van der Waals surface area (Å²) in [5.74, 6) is 0. The molecule has 16 heavy (non-hydrogen) atoms. The molecule has 0 N–H and O–H groups in total. The van der Waals surface area contributed by atoms with Crippen molar-refractivity contribution in [2.24, 2.45) is 0 Å². The summed E-state index contributed by atoms with van der Waals surface area (Å²) in [5, 5.41) is 0. The molecule has 1 atom stereocenters. The molecule has 1 unspecified atom stereocenters. The highest BCUT2D eigenvalue weighted by atomic mass is 32.2. The van der Waals surface area contributed by atoms with Crippen molar-refractivity contribution in [3.05, 3.63) is 24.3 Å². The Bertz CT molecular complexity index is 467. The summed E-state index contributed by atoms with van der Waals surface area (Å²) in [4.78, 5) is 1.13. The molecule has 0 amide bonds. The third-order valence-electron chi connectivity index (χ3n) is 2.94. The van der Waals surface area contributed by atoms with Gasteiger partial charge in [-0.1, -0.05) is 0 Å². The van der Waals surface area contributed by atoms with Crippen LogP contribution in [0.4, 0.5) is 0 Å². The Morgan fingerprint density at radius 3 is 2.44 bits per heavy atom. The van der Waals surface area contributed by atoms with Gasteiger partial charge in [-0.25, -0.2) is 8.42 Å². The highest BCUT2D eigenvalue weighted by molar-refractivity contribution is 7.89. The summed E-state index contributed by atoms with van der Waals surface area (Å²) in [6, 6.07) is 6.75. The lowest BCUT2D eigenvalue weighted by molar-refractivity contribution is 0.408. The predicted octanol–water partition coefficient (Wildman–Crippen LogP) is 2.15. The van der Waals surface area contributed by atoms with Crippen LogP contribution >= 0.6 is 12.6 Å². The largest absolute Gasteiger partial charge is 0.243 e. The van der Waals surface area contributed by atoms with E-state index in [9.17, 15) is 8.42 Å². The molecule has 1 aliphatic heterocycles. The smallest absolute Gasteiger partial charge is 0.207 e. The maximum Gasteiger partial charge on any atom is 0.243 e. The molecule has 1 heterocycles. The molecular weight excluding hydrogens is 242 g/mol. The van der Waals surface area contributed by atoms with Crippen LogP contribution in [0.3, 0.4) is 0 Å². The number of sulfonamides is 1. The standard InChI is InChI=1S/C11H15NO2S2/c1-9-3-2-8-12(9)16(13,14)11-6-4-10(15)5-7-11/h4-7,9,15H,2-3,8H2,1H3. The van der Waals surface area contributed by atoms with Gasteiger partial charge >= 0.3 is 0 Å². The van der Waals surface area contributed by atoms with Gasteiger partial charge in [-0.2, -0.15) is 4.31 Å². The molecule has 5 heteroatoms. The number of rotatable bonds is 2. The molecule has 1 saturated heterocycles. The van der Waals surface area contributed by atoms with Crippen LogP contribution < -0.4 is 0 Å². The number of hydrogen-bond donors (Lipinski definition) is 1. The van der Waals surface area contributed by atoms with Crippen molar-refractivity contribution in [3.8, 4) is 0 Å². The van der Waals surface area contributed by atoms with E-state index in [1.54, 1.807) is 28.6 Å². The molecule has 0 aliphatic carbocycles. The lowest BCUT2D eigenvalue weighted by atomic mass is 10.3. The van der Waals surface area contributed by atoms with Gasteiger partial charge in [-0.15, -0.1) is 12.6 Å². The average molecular weight is 257 g/mol. The molecule has 0 aromatic heterocycles. The molecule has 2 rings (SSSR count). The van der Waals surface area contributed by atoms with Gasteiger partial charge < -0.3 is 0 Å². The highest BCUT2D eigenvalue weighted by Gasteiger charge is 2.32. The van der Waals surface area contributed by atoms with Crippen LogP contribution in [0.25, 0.3) is 0 Å². The fraction of sp³-hybridized carbons (Fsp3) is 0.455. The first kappa shape index (κ1) is 12.0. The highest BCUT2D eigenvalue weighted by Crippen LogP contribution is 2.25. The zero-order valence-electron chi connectivity index (χ0n) is 9.13. The van der Waals surface area contributed by atoms with E-state index in [0.717, 1.165) is 17.7 Å². The maximum atomic E-state index is 12.3. The first-order valence-electron chi connectivity index (χ1n) is 5.33. The van der Waals surface area contributed by atoms with E-state index < -0.39 is 10.0 Å². The summed E-state index contributed by atoms with van der Waals surface area (Å²) < 4.78 is 26.1. The number of thiol groups is 1. The summed E-state index contributed by atoms with van der Waals surface area (Å²) in [6.45, 7) is 2.59. The van der Waals surface area contributed by atoms with Crippen LogP contribution in [0.2, 0.25) is 0 Å². The van der Waals surface area contributed by atoms with E-state index in [-0.39, 0.29) is 6.04 Å². The second kappa shape index (κ2) is 4.39. The fourth-order valence-corrected chi connectivity index (χ4v) is 3.87. The molecule has 1 aromatic rings. The molecule has 0 spiro atoms. The number of nitrogens with zero attached hydrogens (tertiary/aromatic N) is 1. The van der Waals surface area contributed by atoms with Gasteiger partial charge in [-0.3, -0.25) is 0 Å². The van der Waals surface area contributed by atoms with Crippen LogP contribution in [0.5, 0.6) is 0 Å². The second-order valence-electron chi connectivity index (χ2n) is 4.10. The van der Waals surface area contributed by atoms with Crippen LogP contribution in [0.15, 0.2) is 34.1 Å². The van der Waals surface area contributed by atoms with E-state index >= 15 is 0 Å².